The van der Waals surface area contributed by atoms with Gasteiger partial charge in [0.15, 0.2) is 11.5 Å². The quantitative estimate of drug-likeness (QED) is 0.696. The minimum Gasteiger partial charge on any atom is -0.493 e. The molecule has 1 N–H and O–H groups in total. The van der Waals surface area contributed by atoms with Crippen LogP contribution in [0.25, 0.3) is 0 Å². The fraction of sp³-hybridized carbons (Fsp3) is 0.600. The number of ether oxygens (including phenoxy) is 3. The molecule has 1 unspecified atom stereocenters. The van der Waals surface area contributed by atoms with E-state index in [9.17, 15) is 0 Å². The lowest BCUT2D eigenvalue weighted by Crippen LogP contribution is -2.25. The molecule has 0 spiro atoms. The van der Waals surface area contributed by atoms with E-state index < -0.39 is 0 Å². The lowest BCUT2D eigenvalue weighted by atomic mass is 10.1. The van der Waals surface area contributed by atoms with Crippen LogP contribution in [-0.2, 0) is 11.2 Å². The highest BCUT2D eigenvalue weighted by Gasteiger charge is 2.05. The zero-order chi connectivity index (χ0) is 14.1. The molecule has 0 aliphatic rings. The van der Waals surface area contributed by atoms with Gasteiger partial charge in [-0.05, 0) is 43.1 Å². The molecule has 0 saturated carbocycles. The number of rotatable bonds is 9. The van der Waals surface area contributed by atoms with Crippen molar-refractivity contribution in [2.75, 3.05) is 41.0 Å². The molecule has 0 aromatic heterocycles. The van der Waals surface area contributed by atoms with Crippen LogP contribution in [0.1, 0.15) is 12.5 Å². The Balaban J connectivity index is 2.37. The third-order valence-corrected chi connectivity index (χ3v) is 2.98. The number of hydrogen-bond donors (Lipinski definition) is 1. The van der Waals surface area contributed by atoms with E-state index in [-0.39, 0.29) is 0 Å². The zero-order valence-electron chi connectivity index (χ0n) is 12.4. The predicted molar refractivity (Wildman–Crippen MR) is 77.2 cm³/mol. The fourth-order valence-corrected chi connectivity index (χ4v) is 1.96. The molecule has 0 bridgehead atoms. The Morgan fingerprint density at radius 2 is 1.84 bits per heavy atom. The van der Waals surface area contributed by atoms with E-state index in [0.717, 1.165) is 37.6 Å². The minimum absolute atomic E-state index is 0.537. The first kappa shape index (κ1) is 15.8. The Morgan fingerprint density at radius 3 is 2.47 bits per heavy atom. The van der Waals surface area contributed by atoms with Gasteiger partial charge in [0.1, 0.15) is 0 Å². The van der Waals surface area contributed by atoms with Crippen molar-refractivity contribution in [2.24, 2.45) is 5.92 Å². The van der Waals surface area contributed by atoms with Gasteiger partial charge in [0.2, 0.25) is 0 Å². The van der Waals surface area contributed by atoms with Gasteiger partial charge < -0.3 is 19.5 Å². The molecule has 0 aliphatic carbocycles. The van der Waals surface area contributed by atoms with E-state index in [0.29, 0.717) is 5.92 Å². The summed E-state index contributed by atoms with van der Waals surface area (Å²) in [4.78, 5) is 0. The van der Waals surface area contributed by atoms with E-state index in [1.54, 1.807) is 21.3 Å². The monoisotopic (exact) mass is 267 g/mol. The second-order valence-electron chi connectivity index (χ2n) is 4.70. The summed E-state index contributed by atoms with van der Waals surface area (Å²) >= 11 is 0. The smallest absolute Gasteiger partial charge is 0.160 e. The molecule has 0 amide bonds. The minimum atomic E-state index is 0.537. The third kappa shape index (κ3) is 5.49. The van der Waals surface area contributed by atoms with Gasteiger partial charge in [-0.3, -0.25) is 0 Å². The first-order chi connectivity index (χ1) is 9.21. The normalized spacial score (nSPS) is 12.2. The molecule has 4 nitrogen and oxygen atoms in total. The van der Waals surface area contributed by atoms with Gasteiger partial charge in [-0.2, -0.15) is 0 Å². The summed E-state index contributed by atoms with van der Waals surface area (Å²) in [6.07, 6.45) is 0.972. The molecule has 0 fully saturated rings. The molecule has 0 aliphatic heterocycles. The van der Waals surface area contributed by atoms with Crippen molar-refractivity contribution >= 4 is 0 Å². The summed E-state index contributed by atoms with van der Waals surface area (Å²) in [5.74, 6) is 2.09. The Labute approximate surface area is 116 Å². The summed E-state index contributed by atoms with van der Waals surface area (Å²) in [7, 11) is 5.04. The maximum absolute atomic E-state index is 5.29. The maximum atomic E-state index is 5.29. The Morgan fingerprint density at radius 1 is 1.11 bits per heavy atom. The zero-order valence-corrected chi connectivity index (χ0v) is 12.4. The molecule has 1 rings (SSSR count). The second-order valence-corrected chi connectivity index (χ2v) is 4.70. The summed E-state index contributed by atoms with van der Waals surface area (Å²) in [5, 5.41) is 3.43. The van der Waals surface area contributed by atoms with E-state index in [1.807, 2.05) is 12.1 Å². The topological polar surface area (TPSA) is 39.7 Å². The molecule has 1 aromatic rings. The van der Waals surface area contributed by atoms with Gasteiger partial charge in [0.05, 0.1) is 14.2 Å². The van der Waals surface area contributed by atoms with E-state index >= 15 is 0 Å². The maximum Gasteiger partial charge on any atom is 0.160 e. The molecule has 1 aromatic carbocycles. The Hall–Kier alpha value is -1.26. The van der Waals surface area contributed by atoms with Crippen LogP contribution in [0.15, 0.2) is 18.2 Å². The molecular formula is C15H25NO3. The lowest BCUT2D eigenvalue weighted by molar-refractivity contribution is 0.158. The van der Waals surface area contributed by atoms with Crippen LogP contribution in [0.2, 0.25) is 0 Å². The average molecular weight is 267 g/mol. The van der Waals surface area contributed by atoms with Crippen LogP contribution >= 0.6 is 0 Å². The van der Waals surface area contributed by atoms with Crippen molar-refractivity contribution in [1.29, 1.82) is 0 Å². The first-order valence-corrected chi connectivity index (χ1v) is 6.61. The largest absolute Gasteiger partial charge is 0.493 e. The third-order valence-electron chi connectivity index (χ3n) is 2.98. The van der Waals surface area contributed by atoms with E-state index in [1.165, 1.54) is 5.56 Å². The van der Waals surface area contributed by atoms with Crippen LogP contribution in [-0.4, -0.2) is 41.0 Å². The highest BCUT2D eigenvalue weighted by molar-refractivity contribution is 5.42. The summed E-state index contributed by atoms with van der Waals surface area (Å²) in [5.41, 5.74) is 1.24. The number of benzene rings is 1. The van der Waals surface area contributed by atoms with Crippen molar-refractivity contribution in [3.63, 3.8) is 0 Å². The highest BCUT2D eigenvalue weighted by Crippen LogP contribution is 2.27. The molecular weight excluding hydrogens is 242 g/mol. The van der Waals surface area contributed by atoms with Crippen LogP contribution in [0, 0.1) is 5.92 Å². The molecule has 108 valence electrons. The summed E-state index contributed by atoms with van der Waals surface area (Å²) < 4.78 is 15.6. The first-order valence-electron chi connectivity index (χ1n) is 6.61. The van der Waals surface area contributed by atoms with Gasteiger partial charge in [-0.25, -0.2) is 0 Å². The van der Waals surface area contributed by atoms with Crippen molar-refractivity contribution in [1.82, 2.24) is 5.32 Å². The Kier molecular flexibility index (Phi) is 7.30. The second kappa shape index (κ2) is 8.77. The number of nitrogens with one attached hydrogen (secondary N) is 1. The fourth-order valence-electron chi connectivity index (χ4n) is 1.96. The summed E-state index contributed by atoms with van der Waals surface area (Å²) in [6, 6.07) is 6.04. The average Bonchev–Trinajstić information content (AvgIpc) is 2.43. The van der Waals surface area contributed by atoms with Crippen molar-refractivity contribution in [3.8, 4) is 11.5 Å². The molecule has 19 heavy (non-hydrogen) atoms. The van der Waals surface area contributed by atoms with Crippen LogP contribution in [0.3, 0.4) is 0 Å². The predicted octanol–water partition coefficient (Wildman–Crippen LogP) is 2.12. The van der Waals surface area contributed by atoms with Gasteiger partial charge in [0, 0.05) is 13.7 Å². The molecule has 1 atom stereocenters. The number of methoxy groups -OCH3 is 3. The van der Waals surface area contributed by atoms with Crippen molar-refractivity contribution in [2.45, 2.75) is 13.3 Å². The molecule has 0 heterocycles. The SMILES string of the molecule is COCC(C)CNCCc1ccc(OC)c(OC)c1. The molecule has 0 radical (unpaired) electrons. The van der Waals surface area contributed by atoms with Gasteiger partial charge in [-0.15, -0.1) is 0 Å². The standard InChI is InChI=1S/C15H25NO3/c1-12(11-17-2)10-16-8-7-13-5-6-14(18-3)15(9-13)19-4/h5-6,9,12,16H,7-8,10-11H2,1-4H3. The highest BCUT2D eigenvalue weighted by atomic mass is 16.5. The van der Waals surface area contributed by atoms with Gasteiger partial charge >= 0.3 is 0 Å². The van der Waals surface area contributed by atoms with E-state index in [2.05, 4.69) is 18.3 Å². The van der Waals surface area contributed by atoms with Gasteiger partial charge in [0.25, 0.3) is 0 Å². The van der Waals surface area contributed by atoms with Crippen LogP contribution < -0.4 is 14.8 Å². The van der Waals surface area contributed by atoms with Crippen LogP contribution in [0.5, 0.6) is 11.5 Å². The lowest BCUT2D eigenvalue weighted by Gasteiger charge is -2.12. The molecule has 4 heteroatoms. The van der Waals surface area contributed by atoms with Crippen molar-refractivity contribution < 1.29 is 14.2 Å². The van der Waals surface area contributed by atoms with Crippen LogP contribution in [0.4, 0.5) is 0 Å². The van der Waals surface area contributed by atoms with E-state index in [4.69, 9.17) is 14.2 Å². The Bertz CT molecular complexity index is 368. The summed E-state index contributed by atoms with van der Waals surface area (Å²) in [6.45, 7) is 4.89. The molecule has 0 saturated heterocycles. The van der Waals surface area contributed by atoms with Crippen molar-refractivity contribution in [3.05, 3.63) is 23.8 Å². The number of hydrogen-bond acceptors (Lipinski definition) is 4. The van der Waals surface area contributed by atoms with Gasteiger partial charge in [-0.1, -0.05) is 13.0 Å².